The molecule has 0 amide bonds. The molecule has 0 unspecified atom stereocenters. The molecule has 0 saturated carbocycles. The first-order valence-corrected chi connectivity index (χ1v) is 7.10. The lowest BCUT2D eigenvalue weighted by atomic mass is 10.2. The number of aromatic nitrogens is 1. The maximum absolute atomic E-state index is 10.2. The van der Waals surface area contributed by atoms with E-state index in [0.717, 1.165) is 27.8 Å². The van der Waals surface area contributed by atoms with Gasteiger partial charge >= 0.3 is 0 Å². The summed E-state index contributed by atoms with van der Waals surface area (Å²) in [5.41, 5.74) is 2.84. The minimum absolute atomic E-state index is 0.236. The maximum atomic E-state index is 10.2. The standard InChI is InChI=1S/C18H18N2O2/c1-20-17-6-4-3-5-15(17)16(18(20)21)12-19-11-13-7-9-14(22-2)10-8-13/h3-10,12,21H,11H2,1-2H3. The number of hydrogen-bond acceptors (Lipinski definition) is 3. The predicted octanol–water partition coefficient (Wildman–Crippen LogP) is 3.51. The fourth-order valence-electron chi connectivity index (χ4n) is 2.51. The molecule has 0 aliphatic rings. The van der Waals surface area contributed by atoms with Crippen molar-refractivity contribution in [2.75, 3.05) is 7.11 Å². The number of nitrogens with zero attached hydrogens (tertiary/aromatic N) is 2. The Morgan fingerprint density at radius 1 is 1.14 bits per heavy atom. The van der Waals surface area contributed by atoms with Gasteiger partial charge in [0.15, 0.2) is 0 Å². The Balaban J connectivity index is 1.85. The van der Waals surface area contributed by atoms with Gasteiger partial charge in [0.2, 0.25) is 5.88 Å². The number of aromatic hydroxyl groups is 1. The average molecular weight is 294 g/mol. The van der Waals surface area contributed by atoms with Gasteiger partial charge in [-0.25, -0.2) is 0 Å². The van der Waals surface area contributed by atoms with Crippen molar-refractivity contribution in [1.82, 2.24) is 4.57 Å². The summed E-state index contributed by atoms with van der Waals surface area (Å²) in [6, 6.07) is 15.7. The van der Waals surface area contributed by atoms with E-state index >= 15 is 0 Å². The summed E-state index contributed by atoms with van der Waals surface area (Å²) in [5, 5.41) is 11.2. The van der Waals surface area contributed by atoms with E-state index in [-0.39, 0.29) is 5.88 Å². The van der Waals surface area contributed by atoms with Gasteiger partial charge in [-0.15, -0.1) is 0 Å². The first-order chi connectivity index (χ1) is 10.7. The van der Waals surface area contributed by atoms with Gasteiger partial charge < -0.3 is 14.4 Å². The SMILES string of the molecule is COc1ccc(CN=Cc2c(O)n(C)c3ccccc23)cc1. The van der Waals surface area contributed by atoms with Gasteiger partial charge in [0, 0.05) is 18.6 Å². The van der Waals surface area contributed by atoms with E-state index in [1.54, 1.807) is 17.9 Å². The van der Waals surface area contributed by atoms with Gasteiger partial charge in [0.05, 0.1) is 24.7 Å². The normalized spacial score (nSPS) is 11.4. The van der Waals surface area contributed by atoms with Crippen LogP contribution >= 0.6 is 0 Å². The van der Waals surface area contributed by atoms with E-state index in [4.69, 9.17) is 4.74 Å². The molecule has 0 bridgehead atoms. The smallest absolute Gasteiger partial charge is 0.200 e. The van der Waals surface area contributed by atoms with Crippen LogP contribution in [0.1, 0.15) is 11.1 Å². The fraction of sp³-hybridized carbons (Fsp3) is 0.167. The number of aliphatic imine (C=N–C) groups is 1. The number of methoxy groups -OCH3 is 1. The van der Waals surface area contributed by atoms with Crippen molar-refractivity contribution in [1.29, 1.82) is 0 Å². The molecule has 2 aromatic carbocycles. The lowest BCUT2D eigenvalue weighted by Crippen LogP contribution is -1.87. The van der Waals surface area contributed by atoms with Gasteiger partial charge in [-0.2, -0.15) is 0 Å². The minimum atomic E-state index is 0.236. The first kappa shape index (κ1) is 14.2. The summed E-state index contributed by atoms with van der Waals surface area (Å²) in [5.74, 6) is 1.07. The number of aryl methyl sites for hydroxylation is 1. The van der Waals surface area contributed by atoms with Gasteiger partial charge in [-0.1, -0.05) is 30.3 Å². The highest BCUT2D eigenvalue weighted by Gasteiger charge is 2.11. The monoisotopic (exact) mass is 294 g/mol. The summed E-state index contributed by atoms with van der Waals surface area (Å²) >= 11 is 0. The summed E-state index contributed by atoms with van der Waals surface area (Å²) in [4.78, 5) is 4.45. The molecule has 0 aliphatic heterocycles. The number of para-hydroxylation sites is 1. The molecule has 3 aromatic rings. The molecule has 1 N–H and O–H groups in total. The van der Waals surface area contributed by atoms with Crippen LogP contribution in [-0.4, -0.2) is 23.0 Å². The molecule has 112 valence electrons. The molecule has 3 rings (SSSR count). The highest BCUT2D eigenvalue weighted by Crippen LogP contribution is 2.28. The Hall–Kier alpha value is -2.75. The van der Waals surface area contributed by atoms with E-state index in [1.807, 2.05) is 55.6 Å². The van der Waals surface area contributed by atoms with Crippen molar-refractivity contribution < 1.29 is 9.84 Å². The van der Waals surface area contributed by atoms with Crippen LogP contribution in [0.2, 0.25) is 0 Å². The molecule has 1 aromatic heterocycles. The highest BCUT2D eigenvalue weighted by molar-refractivity contribution is 6.02. The molecule has 0 fully saturated rings. The molecule has 4 heteroatoms. The molecule has 0 radical (unpaired) electrons. The highest BCUT2D eigenvalue weighted by atomic mass is 16.5. The molecule has 4 nitrogen and oxygen atoms in total. The van der Waals surface area contributed by atoms with Crippen molar-refractivity contribution in [2.24, 2.45) is 12.0 Å². The molecular formula is C18H18N2O2. The second-order valence-electron chi connectivity index (χ2n) is 5.13. The molecule has 0 atom stereocenters. The van der Waals surface area contributed by atoms with Crippen molar-refractivity contribution in [3.8, 4) is 11.6 Å². The van der Waals surface area contributed by atoms with Gasteiger partial charge in [-0.05, 0) is 23.8 Å². The zero-order chi connectivity index (χ0) is 15.5. The molecule has 0 spiro atoms. The maximum Gasteiger partial charge on any atom is 0.200 e. The molecule has 1 heterocycles. The topological polar surface area (TPSA) is 46.8 Å². The Kier molecular flexibility index (Phi) is 3.83. The Morgan fingerprint density at radius 3 is 2.59 bits per heavy atom. The van der Waals surface area contributed by atoms with E-state index < -0.39 is 0 Å². The summed E-state index contributed by atoms with van der Waals surface area (Å²) in [6.45, 7) is 0.562. The molecular weight excluding hydrogens is 276 g/mol. The molecule has 0 aliphatic carbocycles. The number of benzene rings is 2. The number of rotatable bonds is 4. The summed E-state index contributed by atoms with van der Waals surface area (Å²) < 4.78 is 6.90. The third kappa shape index (κ3) is 2.55. The lowest BCUT2D eigenvalue weighted by Gasteiger charge is -2.00. The van der Waals surface area contributed by atoms with E-state index in [1.165, 1.54) is 0 Å². The van der Waals surface area contributed by atoms with Gasteiger partial charge in [0.25, 0.3) is 0 Å². The van der Waals surface area contributed by atoms with Crippen LogP contribution < -0.4 is 4.74 Å². The van der Waals surface area contributed by atoms with E-state index in [9.17, 15) is 5.11 Å². The fourth-order valence-corrected chi connectivity index (χ4v) is 2.51. The Labute approximate surface area is 129 Å². The van der Waals surface area contributed by atoms with Crippen molar-refractivity contribution >= 4 is 17.1 Å². The van der Waals surface area contributed by atoms with Gasteiger partial charge in [0.1, 0.15) is 5.75 Å². The van der Waals surface area contributed by atoms with Crippen LogP contribution in [0.4, 0.5) is 0 Å². The first-order valence-electron chi connectivity index (χ1n) is 7.10. The van der Waals surface area contributed by atoms with Crippen molar-refractivity contribution in [3.63, 3.8) is 0 Å². The quantitative estimate of drug-likeness (QED) is 0.748. The largest absolute Gasteiger partial charge is 0.497 e. The van der Waals surface area contributed by atoms with E-state index in [0.29, 0.717) is 6.54 Å². The second kappa shape index (κ2) is 5.93. The van der Waals surface area contributed by atoms with Crippen LogP contribution in [0.5, 0.6) is 11.6 Å². The van der Waals surface area contributed by atoms with Crippen molar-refractivity contribution in [3.05, 3.63) is 59.7 Å². The third-order valence-corrected chi connectivity index (χ3v) is 3.77. The third-order valence-electron chi connectivity index (χ3n) is 3.77. The molecule has 22 heavy (non-hydrogen) atoms. The van der Waals surface area contributed by atoms with Crippen LogP contribution in [0, 0.1) is 0 Å². The average Bonchev–Trinajstić information content (AvgIpc) is 2.81. The van der Waals surface area contributed by atoms with E-state index in [2.05, 4.69) is 4.99 Å². The predicted molar refractivity (Wildman–Crippen MR) is 88.9 cm³/mol. The van der Waals surface area contributed by atoms with Crippen LogP contribution in [0.3, 0.4) is 0 Å². The zero-order valence-electron chi connectivity index (χ0n) is 12.7. The van der Waals surface area contributed by atoms with Gasteiger partial charge in [-0.3, -0.25) is 4.99 Å². The molecule has 0 saturated heterocycles. The lowest BCUT2D eigenvalue weighted by molar-refractivity contribution is 0.414. The number of fused-ring (bicyclic) bond motifs is 1. The van der Waals surface area contributed by atoms with Crippen LogP contribution in [-0.2, 0) is 13.6 Å². The second-order valence-corrected chi connectivity index (χ2v) is 5.13. The van der Waals surface area contributed by atoms with Crippen LogP contribution in [0.25, 0.3) is 10.9 Å². The summed E-state index contributed by atoms with van der Waals surface area (Å²) in [7, 11) is 3.49. The Morgan fingerprint density at radius 2 is 1.86 bits per heavy atom. The number of ether oxygens (including phenoxy) is 1. The minimum Gasteiger partial charge on any atom is -0.497 e. The number of hydrogen-bond donors (Lipinski definition) is 1. The summed E-state index contributed by atoms with van der Waals surface area (Å²) in [6.07, 6.45) is 1.74. The Bertz CT molecular complexity index is 817. The van der Waals surface area contributed by atoms with Crippen LogP contribution in [0.15, 0.2) is 53.5 Å². The van der Waals surface area contributed by atoms with Crippen molar-refractivity contribution in [2.45, 2.75) is 6.54 Å². The zero-order valence-corrected chi connectivity index (χ0v) is 12.7.